The molecule has 1 aliphatic rings. The lowest BCUT2D eigenvalue weighted by Gasteiger charge is -2.41. The summed E-state index contributed by atoms with van der Waals surface area (Å²) >= 11 is 0. The van der Waals surface area contributed by atoms with Gasteiger partial charge in [-0.05, 0) is 101 Å². The number of carbonyl (C=O) groups excluding carboxylic acids is 11. The fourth-order valence-corrected chi connectivity index (χ4v) is 10.7. The number of hydrogen-bond acceptors (Lipinski definition) is 12. The lowest BCUT2D eigenvalue weighted by molar-refractivity contribution is -0.157. The Balaban J connectivity index is 4.32. The zero-order valence-electron chi connectivity index (χ0n) is 56.1. The van der Waals surface area contributed by atoms with Crippen LogP contribution in [0.4, 0.5) is 0 Å². The first-order valence-corrected chi connectivity index (χ1v) is 30.6. The maximum Gasteiger partial charge on any atom is 0.246 e. The number of aliphatic hydroxyl groups excluding tert-OH is 1. The predicted molar refractivity (Wildman–Crippen MR) is 328 cm³/mol. The molecule has 0 aliphatic carbocycles. The molecule has 0 aromatic carbocycles. The Hall–Kier alpha value is -6.13. The van der Waals surface area contributed by atoms with Crippen molar-refractivity contribution in [2.45, 2.75) is 223 Å². The van der Waals surface area contributed by atoms with E-state index in [1.165, 1.54) is 87.7 Å². The highest BCUT2D eigenvalue weighted by Crippen LogP contribution is 2.26. The maximum absolute atomic E-state index is 15.1. The fraction of sp³-hybridized carbons (Fsp3) is 0.790. The number of hydrogen-bond donors (Lipinski definition) is 5. The van der Waals surface area contributed by atoms with E-state index >= 15 is 9.59 Å². The number of aliphatic hydroxyl groups is 1. The molecule has 0 saturated carbocycles. The minimum absolute atomic E-state index is 0.0229. The van der Waals surface area contributed by atoms with Crippen molar-refractivity contribution in [2.24, 2.45) is 41.4 Å². The average Bonchev–Trinajstić information content (AvgIpc) is 3.62. The van der Waals surface area contributed by atoms with Crippen LogP contribution >= 0.6 is 0 Å². The summed E-state index contributed by atoms with van der Waals surface area (Å²) in [7, 11) is 9.92. The Kier molecular flexibility index (Phi) is 31.5. The van der Waals surface area contributed by atoms with Crippen LogP contribution in [0.25, 0.3) is 0 Å². The highest BCUT2D eigenvalue weighted by molar-refractivity contribution is 5.99. The van der Waals surface area contributed by atoms with E-state index in [1.807, 2.05) is 61.5 Å². The van der Waals surface area contributed by atoms with Crippen LogP contribution < -0.4 is 21.3 Å². The first-order chi connectivity index (χ1) is 39.2. The average molecular weight is 1200 g/mol. The van der Waals surface area contributed by atoms with Crippen LogP contribution in [-0.2, 0) is 52.7 Å². The van der Waals surface area contributed by atoms with Crippen molar-refractivity contribution >= 4 is 65.0 Å². The minimum atomic E-state index is -1.61. The number of nitrogens with zero attached hydrogens (tertiary/aromatic N) is 7. The lowest BCUT2D eigenvalue weighted by Crippen LogP contribution is -2.63. The van der Waals surface area contributed by atoms with Crippen molar-refractivity contribution in [2.75, 3.05) is 55.9 Å². The topological polar surface area (TPSA) is 279 Å². The third-order valence-electron chi connectivity index (χ3n) is 16.1. The van der Waals surface area contributed by atoms with Crippen LogP contribution in [0.3, 0.4) is 0 Å². The Bertz CT molecular complexity index is 2330. The number of allylic oxidation sites excluding steroid dienone is 2. The van der Waals surface area contributed by atoms with Crippen molar-refractivity contribution in [3.63, 3.8) is 0 Å². The number of likely N-dealkylation sites (N-methyl/N-ethyl adjacent to an activating group) is 7. The van der Waals surface area contributed by atoms with E-state index in [4.69, 9.17) is 0 Å². The van der Waals surface area contributed by atoms with E-state index < -0.39 is 156 Å². The highest BCUT2D eigenvalue weighted by Gasteiger charge is 2.45. The van der Waals surface area contributed by atoms with Crippen LogP contribution in [0, 0.1) is 41.4 Å². The standard InChI is InChI=1S/C62H111N11O12/c1-25-27-28-40(15)52(75)51-56(79)65-43(26-2)58(81)67(18)33-48(74)68(19)44(29-34(3)4)55(78)66-49(38(11)12)61(84)69(20)45(30-35(5)6)54(77)63-41(16)53(76)64-42(17)57(80)70(21)46(31-36(7)8)59(82)71(22)47(32-37(9)10)60(83)72(23)50(39(13)14)62(85)73(51)24/h25,27,34-47,49-52,75H,26,28-33H2,1-24H3,(H,63,77)(H,64,76)(H,65,79)(H,66,78)/b27-25+/t40-,41+,42-,43+,44+,45+,46-,47?,49+,50+,51+,52-/m1/s1. The van der Waals surface area contributed by atoms with Gasteiger partial charge in [-0.3, -0.25) is 52.7 Å². The fourth-order valence-electron chi connectivity index (χ4n) is 10.7. The molecule has 1 unspecified atom stereocenters. The molecule has 85 heavy (non-hydrogen) atoms. The zero-order valence-corrected chi connectivity index (χ0v) is 56.1. The molecule has 0 bridgehead atoms. The van der Waals surface area contributed by atoms with Gasteiger partial charge in [0.1, 0.15) is 60.4 Å². The summed E-state index contributed by atoms with van der Waals surface area (Å²) in [5.74, 6) is -9.71. The molecule has 1 saturated heterocycles. The minimum Gasteiger partial charge on any atom is -0.390 e. The molecule has 23 heteroatoms. The van der Waals surface area contributed by atoms with Gasteiger partial charge in [-0.15, -0.1) is 0 Å². The number of amides is 11. The van der Waals surface area contributed by atoms with E-state index in [2.05, 4.69) is 21.3 Å². The van der Waals surface area contributed by atoms with E-state index in [0.29, 0.717) is 6.42 Å². The highest BCUT2D eigenvalue weighted by atomic mass is 16.3. The maximum atomic E-state index is 15.1. The van der Waals surface area contributed by atoms with Crippen molar-refractivity contribution < 1.29 is 57.8 Å². The lowest BCUT2D eigenvalue weighted by atomic mass is 9.91. The van der Waals surface area contributed by atoms with E-state index in [9.17, 15) is 48.3 Å². The second kappa shape index (κ2) is 34.9. The molecule has 12 atom stereocenters. The van der Waals surface area contributed by atoms with Gasteiger partial charge in [0.25, 0.3) is 0 Å². The molecular weight excluding hydrogens is 1090 g/mol. The third kappa shape index (κ3) is 21.7. The number of carbonyl (C=O) groups is 11. The molecule has 0 aromatic rings. The molecule has 5 N–H and O–H groups in total. The summed E-state index contributed by atoms with van der Waals surface area (Å²) in [6.07, 6.45) is 3.04. The predicted octanol–water partition coefficient (Wildman–Crippen LogP) is 3.27. The molecule has 11 amide bonds. The second-order valence-corrected chi connectivity index (χ2v) is 26.1. The molecule has 486 valence electrons. The van der Waals surface area contributed by atoms with E-state index in [-0.39, 0.29) is 55.8 Å². The monoisotopic (exact) mass is 1200 g/mol. The van der Waals surface area contributed by atoms with Gasteiger partial charge in [-0.1, -0.05) is 109 Å². The van der Waals surface area contributed by atoms with Crippen LogP contribution in [0.1, 0.15) is 156 Å². The Morgan fingerprint density at radius 1 is 0.459 bits per heavy atom. The van der Waals surface area contributed by atoms with E-state index in [1.54, 1.807) is 54.5 Å². The SMILES string of the molecule is C/C=C/C[C@@H](C)[C@@H](O)[C@H]1C(=O)N[C@@H](CC)C(=O)N(C)CC(=O)N(C)[C@@H](CC(C)C)C(=O)N[C@@H](C(C)C)C(=O)N(C)[C@@H](CC(C)C)C(=O)N[C@@H](C)C(=O)N[C@H](C)C(=O)N(C)[C@H](CC(C)C)C(=O)N(C)C(CC(C)C)C(=O)N(C)[C@@H](C(C)C)C(=O)N1C. The van der Waals surface area contributed by atoms with Crippen LogP contribution in [-0.4, -0.2) is 227 Å². The molecule has 1 rings (SSSR count). The molecule has 1 fully saturated rings. The number of rotatable bonds is 15. The van der Waals surface area contributed by atoms with Gasteiger partial charge in [0, 0.05) is 49.3 Å². The van der Waals surface area contributed by atoms with Crippen molar-refractivity contribution in [3.05, 3.63) is 12.2 Å². The van der Waals surface area contributed by atoms with Gasteiger partial charge in [-0.25, -0.2) is 0 Å². The molecule has 1 aliphatic heterocycles. The normalized spacial score (nSPS) is 26.9. The van der Waals surface area contributed by atoms with Gasteiger partial charge in [0.15, 0.2) is 0 Å². The van der Waals surface area contributed by atoms with Gasteiger partial charge in [0.2, 0.25) is 65.0 Å². The quantitative estimate of drug-likeness (QED) is 0.148. The van der Waals surface area contributed by atoms with Gasteiger partial charge < -0.3 is 60.7 Å². The summed E-state index contributed by atoms with van der Waals surface area (Å²) in [5, 5.41) is 23.1. The molecule has 0 spiro atoms. The van der Waals surface area contributed by atoms with Crippen molar-refractivity contribution in [1.82, 2.24) is 55.6 Å². The smallest absolute Gasteiger partial charge is 0.246 e. The Morgan fingerprint density at radius 3 is 1.32 bits per heavy atom. The first-order valence-electron chi connectivity index (χ1n) is 30.6. The van der Waals surface area contributed by atoms with Gasteiger partial charge in [0.05, 0.1) is 12.6 Å². The Labute approximate surface area is 508 Å². The largest absolute Gasteiger partial charge is 0.390 e. The summed E-state index contributed by atoms with van der Waals surface area (Å²) in [4.78, 5) is 169. The molecule has 0 aromatic heterocycles. The van der Waals surface area contributed by atoms with Crippen LogP contribution in [0.15, 0.2) is 12.2 Å². The molecule has 1 heterocycles. The second-order valence-electron chi connectivity index (χ2n) is 26.1. The molecular formula is C62H111N11O12. The third-order valence-corrected chi connectivity index (χ3v) is 16.1. The summed E-state index contributed by atoms with van der Waals surface area (Å²) < 4.78 is 0. The van der Waals surface area contributed by atoms with Gasteiger partial charge >= 0.3 is 0 Å². The zero-order chi connectivity index (χ0) is 66.0. The number of nitrogens with one attached hydrogen (secondary N) is 4. The van der Waals surface area contributed by atoms with Crippen molar-refractivity contribution in [3.8, 4) is 0 Å². The van der Waals surface area contributed by atoms with Crippen LogP contribution in [0.2, 0.25) is 0 Å². The molecule has 0 radical (unpaired) electrons. The summed E-state index contributed by atoms with van der Waals surface area (Å²) in [6.45, 7) is 29.3. The van der Waals surface area contributed by atoms with Crippen LogP contribution in [0.5, 0.6) is 0 Å². The van der Waals surface area contributed by atoms with Crippen molar-refractivity contribution in [1.29, 1.82) is 0 Å². The summed E-state index contributed by atoms with van der Waals surface area (Å²) in [6, 6.07) is -12.3. The molecule has 23 nitrogen and oxygen atoms in total. The first kappa shape index (κ1) is 76.9. The summed E-state index contributed by atoms with van der Waals surface area (Å²) in [5.41, 5.74) is 0. The Morgan fingerprint density at radius 2 is 0.871 bits per heavy atom. The van der Waals surface area contributed by atoms with Gasteiger partial charge in [-0.2, -0.15) is 0 Å². The van der Waals surface area contributed by atoms with E-state index in [0.717, 1.165) is 9.80 Å².